The molecule has 24 heavy (non-hydrogen) atoms. The van der Waals surface area contributed by atoms with Gasteiger partial charge in [-0.1, -0.05) is 0 Å². The maximum absolute atomic E-state index is 13.5. The number of fused-ring (bicyclic) bond motifs is 1. The highest BCUT2D eigenvalue weighted by atomic mass is 32.2. The summed E-state index contributed by atoms with van der Waals surface area (Å²) in [4.78, 5) is -0.0154. The molecule has 0 amide bonds. The molecule has 2 aromatic carbocycles. The molecule has 0 bridgehead atoms. The number of rotatable bonds is 4. The Morgan fingerprint density at radius 3 is 2.38 bits per heavy atom. The second-order valence-corrected chi connectivity index (χ2v) is 6.94. The van der Waals surface area contributed by atoms with Gasteiger partial charge in [0.05, 0.1) is 10.6 Å². The van der Waals surface area contributed by atoms with Crippen molar-refractivity contribution in [3.05, 3.63) is 48.0 Å². The van der Waals surface area contributed by atoms with Crippen LogP contribution in [0.15, 0.2) is 41.3 Å². The molecule has 0 aromatic heterocycles. The van der Waals surface area contributed by atoms with Crippen LogP contribution >= 0.6 is 0 Å². The summed E-state index contributed by atoms with van der Waals surface area (Å²) in [5, 5.41) is 0. The van der Waals surface area contributed by atoms with E-state index in [0.717, 1.165) is 16.4 Å². The number of ether oxygens (including phenoxy) is 2. The number of nitrogens with zero attached hydrogens (tertiary/aromatic N) is 1. The molecule has 128 valence electrons. The van der Waals surface area contributed by atoms with Crippen LogP contribution in [0.4, 0.5) is 14.5 Å². The smallest absolute Gasteiger partial charge is 0.264 e. The largest absolute Gasteiger partial charge is 0.486 e. The fourth-order valence-corrected chi connectivity index (χ4v) is 3.92. The van der Waals surface area contributed by atoms with Gasteiger partial charge in [-0.2, -0.15) is 0 Å². The molecule has 0 unspecified atom stereocenters. The van der Waals surface area contributed by atoms with E-state index in [4.69, 9.17) is 9.47 Å². The van der Waals surface area contributed by atoms with Crippen molar-refractivity contribution in [3.8, 4) is 11.5 Å². The highest BCUT2D eigenvalue weighted by molar-refractivity contribution is 7.92. The zero-order valence-electron chi connectivity index (χ0n) is 12.8. The molecular weight excluding hydrogens is 340 g/mol. The molecule has 0 spiro atoms. The normalized spacial score (nSPS) is 13.6. The number of hydrogen-bond acceptors (Lipinski definition) is 4. The van der Waals surface area contributed by atoms with Gasteiger partial charge < -0.3 is 9.47 Å². The Morgan fingerprint density at radius 2 is 1.71 bits per heavy atom. The van der Waals surface area contributed by atoms with Gasteiger partial charge in [-0.15, -0.1) is 0 Å². The molecule has 0 saturated carbocycles. The lowest BCUT2D eigenvalue weighted by Gasteiger charge is -2.24. The molecule has 1 heterocycles. The molecular formula is C16H15F2NO4S. The molecule has 0 atom stereocenters. The van der Waals surface area contributed by atoms with Crippen molar-refractivity contribution in [1.29, 1.82) is 0 Å². The van der Waals surface area contributed by atoms with Gasteiger partial charge >= 0.3 is 0 Å². The number of halogens is 2. The Kier molecular flexibility index (Phi) is 4.31. The van der Waals surface area contributed by atoms with Gasteiger partial charge in [0.2, 0.25) is 0 Å². The third-order valence-electron chi connectivity index (χ3n) is 3.58. The first-order valence-corrected chi connectivity index (χ1v) is 8.75. The van der Waals surface area contributed by atoms with Crippen LogP contribution in [0, 0.1) is 11.6 Å². The van der Waals surface area contributed by atoms with Crippen molar-refractivity contribution >= 4 is 15.7 Å². The zero-order valence-corrected chi connectivity index (χ0v) is 13.6. The fourth-order valence-electron chi connectivity index (χ4n) is 2.44. The van der Waals surface area contributed by atoms with Gasteiger partial charge in [-0.25, -0.2) is 17.2 Å². The van der Waals surface area contributed by atoms with Crippen LogP contribution in [-0.2, 0) is 10.0 Å². The van der Waals surface area contributed by atoms with E-state index in [1.165, 1.54) is 24.3 Å². The number of hydrogen-bond donors (Lipinski definition) is 0. The summed E-state index contributed by atoms with van der Waals surface area (Å²) in [6, 6.07) is 7.25. The summed E-state index contributed by atoms with van der Waals surface area (Å²) < 4.78 is 64.0. The quantitative estimate of drug-likeness (QED) is 0.846. The Balaban J connectivity index is 2.02. The average molecular weight is 355 g/mol. The molecule has 0 radical (unpaired) electrons. The number of sulfonamides is 1. The van der Waals surface area contributed by atoms with Gasteiger partial charge in [0.15, 0.2) is 23.1 Å². The van der Waals surface area contributed by atoms with E-state index in [2.05, 4.69) is 0 Å². The molecule has 0 saturated heterocycles. The van der Waals surface area contributed by atoms with E-state index < -0.39 is 21.7 Å². The fraction of sp³-hybridized carbons (Fsp3) is 0.250. The van der Waals surface area contributed by atoms with E-state index in [9.17, 15) is 17.2 Å². The molecule has 2 aromatic rings. The summed E-state index contributed by atoms with van der Waals surface area (Å²) in [5.41, 5.74) is 0.0475. The minimum absolute atomic E-state index is 0.0154. The van der Waals surface area contributed by atoms with Gasteiger partial charge in [0.1, 0.15) is 13.2 Å². The SMILES string of the molecule is CCN(c1ccc(F)c(F)c1)S(=O)(=O)c1ccc2c(c1)OCCO2. The minimum atomic E-state index is -3.96. The molecule has 5 nitrogen and oxygen atoms in total. The van der Waals surface area contributed by atoms with Crippen LogP contribution < -0.4 is 13.8 Å². The molecule has 0 aliphatic carbocycles. The summed E-state index contributed by atoms with van der Waals surface area (Å²) in [6.45, 7) is 2.39. The van der Waals surface area contributed by atoms with Crippen molar-refractivity contribution in [3.63, 3.8) is 0 Å². The lowest BCUT2D eigenvalue weighted by Crippen LogP contribution is -2.31. The van der Waals surface area contributed by atoms with Crippen LogP contribution in [0.25, 0.3) is 0 Å². The number of anilines is 1. The Labute approximate surface area is 138 Å². The van der Waals surface area contributed by atoms with Crippen molar-refractivity contribution in [2.75, 3.05) is 24.1 Å². The first-order valence-electron chi connectivity index (χ1n) is 7.31. The van der Waals surface area contributed by atoms with E-state index >= 15 is 0 Å². The predicted molar refractivity (Wildman–Crippen MR) is 84.0 cm³/mol. The molecule has 8 heteroatoms. The van der Waals surface area contributed by atoms with Crippen molar-refractivity contribution in [2.24, 2.45) is 0 Å². The van der Waals surface area contributed by atoms with E-state index in [1.54, 1.807) is 6.92 Å². The average Bonchev–Trinajstić information content (AvgIpc) is 2.58. The molecule has 0 fully saturated rings. The first kappa shape index (κ1) is 16.5. The minimum Gasteiger partial charge on any atom is -0.486 e. The molecule has 3 rings (SSSR count). The Hall–Kier alpha value is -2.35. The third kappa shape index (κ3) is 2.89. The van der Waals surface area contributed by atoms with Crippen LogP contribution in [0.5, 0.6) is 11.5 Å². The maximum Gasteiger partial charge on any atom is 0.264 e. The topological polar surface area (TPSA) is 55.8 Å². The predicted octanol–water partition coefficient (Wildman–Crippen LogP) is 2.95. The van der Waals surface area contributed by atoms with Gasteiger partial charge in [0, 0.05) is 18.7 Å². The number of benzene rings is 2. The van der Waals surface area contributed by atoms with Gasteiger partial charge in [-0.05, 0) is 31.2 Å². The highest BCUT2D eigenvalue weighted by Gasteiger charge is 2.26. The van der Waals surface area contributed by atoms with Crippen LogP contribution in [0.1, 0.15) is 6.92 Å². The van der Waals surface area contributed by atoms with Crippen molar-refractivity contribution in [1.82, 2.24) is 0 Å². The third-order valence-corrected chi connectivity index (χ3v) is 5.48. The van der Waals surface area contributed by atoms with Gasteiger partial charge in [-0.3, -0.25) is 4.31 Å². The van der Waals surface area contributed by atoms with E-state index in [-0.39, 0.29) is 17.1 Å². The van der Waals surface area contributed by atoms with E-state index in [0.29, 0.717) is 24.7 Å². The van der Waals surface area contributed by atoms with Crippen molar-refractivity contribution < 1.29 is 26.7 Å². The molecule has 1 aliphatic rings. The lowest BCUT2D eigenvalue weighted by molar-refractivity contribution is 0.171. The summed E-state index contributed by atoms with van der Waals surface area (Å²) in [5.74, 6) is -1.34. The maximum atomic E-state index is 13.5. The molecule has 1 aliphatic heterocycles. The van der Waals surface area contributed by atoms with Gasteiger partial charge in [0.25, 0.3) is 10.0 Å². The molecule has 0 N–H and O–H groups in total. The Bertz CT molecular complexity index is 870. The summed E-state index contributed by atoms with van der Waals surface area (Å²) in [7, 11) is -3.96. The Morgan fingerprint density at radius 1 is 1.00 bits per heavy atom. The summed E-state index contributed by atoms with van der Waals surface area (Å²) >= 11 is 0. The van der Waals surface area contributed by atoms with Crippen LogP contribution in [0.2, 0.25) is 0 Å². The standard InChI is InChI=1S/C16H15F2NO4S/c1-2-19(11-3-5-13(17)14(18)9-11)24(20,21)12-4-6-15-16(10-12)23-8-7-22-15/h3-6,9-10H,2,7-8H2,1H3. The van der Waals surface area contributed by atoms with Crippen LogP contribution in [0.3, 0.4) is 0 Å². The lowest BCUT2D eigenvalue weighted by atomic mass is 10.3. The van der Waals surface area contributed by atoms with Crippen LogP contribution in [-0.4, -0.2) is 28.2 Å². The second kappa shape index (κ2) is 6.27. The van der Waals surface area contributed by atoms with Crippen molar-refractivity contribution in [2.45, 2.75) is 11.8 Å². The van der Waals surface area contributed by atoms with E-state index in [1.807, 2.05) is 0 Å². The summed E-state index contributed by atoms with van der Waals surface area (Å²) in [6.07, 6.45) is 0. The highest BCUT2D eigenvalue weighted by Crippen LogP contribution is 2.34. The second-order valence-electron chi connectivity index (χ2n) is 5.07. The monoisotopic (exact) mass is 355 g/mol. The zero-order chi connectivity index (χ0) is 17.3. The first-order chi connectivity index (χ1) is 11.4.